The highest BCUT2D eigenvalue weighted by atomic mass is 16.6. The van der Waals surface area contributed by atoms with Gasteiger partial charge in [0.05, 0.1) is 18.6 Å². The van der Waals surface area contributed by atoms with Crippen LogP contribution in [0.2, 0.25) is 0 Å². The van der Waals surface area contributed by atoms with Gasteiger partial charge in [-0.05, 0) is 39.2 Å². The van der Waals surface area contributed by atoms with Crippen molar-refractivity contribution in [3.8, 4) is 0 Å². The van der Waals surface area contributed by atoms with Crippen molar-refractivity contribution >= 4 is 12.0 Å². The molecule has 5 heteroatoms. The highest BCUT2D eigenvalue weighted by molar-refractivity contribution is 5.80. The average Bonchev–Trinajstić information content (AvgIpc) is 2.61. The molecule has 1 aliphatic heterocycles. The molecule has 0 aromatic heterocycles. The van der Waals surface area contributed by atoms with Crippen molar-refractivity contribution in [2.45, 2.75) is 39.7 Å². The Morgan fingerprint density at radius 1 is 1.33 bits per heavy atom. The molecule has 0 saturated carbocycles. The van der Waals surface area contributed by atoms with E-state index in [2.05, 4.69) is 31.2 Å². The first-order valence-electron chi connectivity index (χ1n) is 8.69. The molecule has 0 N–H and O–H groups in total. The van der Waals surface area contributed by atoms with Crippen molar-refractivity contribution in [2.24, 2.45) is 5.92 Å². The number of benzene rings is 1. The smallest absolute Gasteiger partial charge is 0.409 e. The molecular weight excluding hydrogens is 304 g/mol. The number of rotatable bonds is 4. The summed E-state index contributed by atoms with van der Waals surface area (Å²) in [6.45, 7) is 7.35. The standard InChI is InChI=1S/C19H28N2O3/c1-5-24-19(23)21-12-6-7-17(13-21)18(22)20(4)15(3)16-10-8-14(2)9-11-16/h8-11,15,17H,5-7,12-13H2,1-4H3. The molecule has 1 fully saturated rings. The third kappa shape index (κ3) is 4.28. The van der Waals surface area contributed by atoms with Crippen LogP contribution in [-0.2, 0) is 9.53 Å². The summed E-state index contributed by atoms with van der Waals surface area (Å²) in [5.41, 5.74) is 2.33. The van der Waals surface area contributed by atoms with Crippen LogP contribution in [0.1, 0.15) is 43.9 Å². The predicted octanol–water partition coefficient (Wildman–Crippen LogP) is 3.38. The summed E-state index contributed by atoms with van der Waals surface area (Å²) in [6, 6.07) is 8.27. The Hall–Kier alpha value is -2.04. The van der Waals surface area contributed by atoms with Crippen molar-refractivity contribution in [2.75, 3.05) is 26.7 Å². The monoisotopic (exact) mass is 332 g/mol. The van der Waals surface area contributed by atoms with Gasteiger partial charge < -0.3 is 14.5 Å². The molecule has 0 aliphatic carbocycles. The van der Waals surface area contributed by atoms with E-state index in [-0.39, 0.29) is 24.0 Å². The molecule has 2 unspecified atom stereocenters. The molecule has 0 radical (unpaired) electrons. The highest BCUT2D eigenvalue weighted by Crippen LogP contribution is 2.25. The van der Waals surface area contributed by atoms with Gasteiger partial charge in [-0.1, -0.05) is 29.8 Å². The van der Waals surface area contributed by atoms with Crippen LogP contribution in [0, 0.1) is 12.8 Å². The Balaban J connectivity index is 2.01. The topological polar surface area (TPSA) is 49.9 Å². The van der Waals surface area contributed by atoms with Gasteiger partial charge in [0, 0.05) is 20.1 Å². The maximum Gasteiger partial charge on any atom is 0.409 e. The van der Waals surface area contributed by atoms with Gasteiger partial charge in [-0.3, -0.25) is 4.79 Å². The summed E-state index contributed by atoms with van der Waals surface area (Å²) < 4.78 is 5.06. The minimum absolute atomic E-state index is 0.0102. The lowest BCUT2D eigenvalue weighted by molar-refractivity contribution is -0.137. The molecule has 1 heterocycles. The fourth-order valence-corrected chi connectivity index (χ4v) is 3.11. The maximum atomic E-state index is 12.9. The van der Waals surface area contributed by atoms with Gasteiger partial charge in [-0.15, -0.1) is 0 Å². The van der Waals surface area contributed by atoms with Crippen molar-refractivity contribution in [1.29, 1.82) is 0 Å². The number of likely N-dealkylation sites (tertiary alicyclic amines) is 1. The summed E-state index contributed by atoms with van der Waals surface area (Å²) in [5.74, 6) is -0.0573. The highest BCUT2D eigenvalue weighted by Gasteiger charge is 2.32. The number of carbonyl (C=O) groups excluding carboxylic acids is 2. The van der Waals surface area contributed by atoms with E-state index in [1.54, 1.807) is 16.7 Å². The lowest BCUT2D eigenvalue weighted by Gasteiger charge is -2.35. The van der Waals surface area contributed by atoms with E-state index in [0.29, 0.717) is 19.7 Å². The number of aryl methyl sites for hydroxylation is 1. The Morgan fingerprint density at radius 2 is 2.00 bits per heavy atom. The zero-order valence-corrected chi connectivity index (χ0v) is 15.1. The molecule has 1 aliphatic rings. The third-order valence-electron chi connectivity index (χ3n) is 4.78. The van der Waals surface area contributed by atoms with Crippen LogP contribution >= 0.6 is 0 Å². The summed E-state index contributed by atoms with van der Waals surface area (Å²) in [7, 11) is 1.84. The van der Waals surface area contributed by atoms with E-state index in [0.717, 1.165) is 18.4 Å². The summed E-state index contributed by atoms with van der Waals surface area (Å²) in [4.78, 5) is 28.2. The third-order valence-corrected chi connectivity index (χ3v) is 4.78. The van der Waals surface area contributed by atoms with Crippen LogP contribution in [0.25, 0.3) is 0 Å². The van der Waals surface area contributed by atoms with Crippen LogP contribution in [-0.4, -0.2) is 48.5 Å². The normalized spacial score (nSPS) is 18.8. The number of ether oxygens (including phenoxy) is 1. The molecule has 24 heavy (non-hydrogen) atoms. The first-order chi connectivity index (χ1) is 11.4. The minimum Gasteiger partial charge on any atom is -0.450 e. The maximum absolute atomic E-state index is 12.9. The molecule has 2 atom stereocenters. The molecule has 0 bridgehead atoms. The van der Waals surface area contributed by atoms with Crippen LogP contribution < -0.4 is 0 Å². The van der Waals surface area contributed by atoms with Crippen LogP contribution in [0.15, 0.2) is 24.3 Å². The molecule has 1 saturated heterocycles. The fraction of sp³-hybridized carbons (Fsp3) is 0.579. The lowest BCUT2D eigenvalue weighted by Crippen LogP contribution is -2.46. The molecule has 2 amide bonds. The Labute approximate surface area is 144 Å². The van der Waals surface area contributed by atoms with Gasteiger partial charge in [-0.2, -0.15) is 0 Å². The van der Waals surface area contributed by atoms with Gasteiger partial charge in [0.25, 0.3) is 0 Å². The second-order valence-corrected chi connectivity index (χ2v) is 6.52. The quantitative estimate of drug-likeness (QED) is 0.849. The number of hydrogen-bond acceptors (Lipinski definition) is 3. The van der Waals surface area contributed by atoms with E-state index >= 15 is 0 Å². The number of nitrogens with zero attached hydrogens (tertiary/aromatic N) is 2. The molecule has 5 nitrogen and oxygen atoms in total. The number of carbonyl (C=O) groups is 2. The van der Waals surface area contributed by atoms with Crippen molar-refractivity contribution in [1.82, 2.24) is 9.80 Å². The van der Waals surface area contributed by atoms with Crippen LogP contribution in [0.4, 0.5) is 4.79 Å². The number of hydrogen-bond donors (Lipinski definition) is 0. The summed E-state index contributed by atoms with van der Waals surface area (Å²) in [5, 5.41) is 0. The van der Waals surface area contributed by atoms with Crippen LogP contribution in [0.5, 0.6) is 0 Å². The minimum atomic E-state index is -0.316. The fourth-order valence-electron chi connectivity index (χ4n) is 3.11. The SMILES string of the molecule is CCOC(=O)N1CCCC(C(=O)N(C)C(C)c2ccc(C)cc2)C1. The van der Waals surface area contributed by atoms with Crippen molar-refractivity contribution < 1.29 is 14.3 Å². The van der Waals surface area contributed by atoms with E-state index in [1.165, 1.54) is 5.56 Å². The van der Waals surface area contributed by atoms with E-state index in [1.807, 2.05) is 14.0 Å². The Bertz CT molecular complexity index is 570. The predicted molar refractivity (Wildman–Crippen MR) is 93.7 cm³/mol. The number of amides is 2. The lowest BCUT2D eigenvalue weighted by atomic mass is 9.95. The van der Waals surface area contributed by atoms with Gasteiger partial charge in [0.1, 0.15) is 0 Å². The van der Waals surface area contributed by atoms with Gasteiger partial charge in [-0.25, -0.2) is 4.79 Å². The zero-order valence-electron chi connectivity index (χ0n) is 15.1. The first-order valence-corrected chi connectivity index (χ1v) is 8.69. The summed E-state index contributed by atoms with van der Waals surface area (Å²) in [6.07, 6.45) is 1.34. The first kappa shape index (κ1) is 18.3. The Morgan fingerprint density at radius 3 is 2.62 bits per heavy atom. The van der Waals surface area contributed by atoms with E-state index in [9.17, 15) is 9.59 Å². The van der Waals surface area contributed by atoms with Crippen LogP contribution in [0.3, 0.4) is 0 Å². The van der Waals surface area contributed by atoms with Crippen molar-refractivity contribution in [3.63, 3.8) is 0 Å². The van der Waals surface area contributed by atoms with Gasteiger partial charge >= 0.3 is 6.09 Å². The largest absolute Gasteiger partial charge is 0.450 e. The second kappa shape index (κ2) is 8.18. The molecule has 0 spiro atoms. The van der Waals surface area contributed by atoms with Crippen molar-refractivity contribution in [3.05, 3.63) is 35.4 Å². The average molecular weight is 332 g/mol. The molecule has 1 aromatic carbocycles. The number of piperidine rings is 1. The zero-order chi connectivity index (χ0) is 17.7. The second-order valence-electron chi connectivity index (χ2n) is 6.52. The van der Waals surface area contributed by atoms with Gasteiger partial charge in [0.15, 0.2) is 0 Å². The molecule has 1 aromatic rings. The molecular formula is C19H28N2O3. The van der Waals surface area contributed by atoms with E-state index in [4.69, 9.17) is 4.74 Å². The molecule has 2 rings (SSSR count). The molecule has 132 valence electrons. The Kier molecular flexibility index (Phi) is 6.23. The van der Waals surface area contributed by atoms with Gasteiger partial charge in [0.2, 0.25) is 5.91 Å². The summed E-state index contributed by atoms with van der Waals surface area (Å²) >= 11 is 0. The van der Waals surface area contributed by atoms with E-state index < -0.39 is 0 Å².